The third-order valence-corrected chi connectivity index (χ3v) is 2.49. The summed E-state index contributed by atoms with van der Waals surface area (Å²) >= 11 is 0. The van der Waals surface area contributed by atoms with Crippen molar-refractivity contribution < 1.29 is 4.74 Å². The molecule has 1 aromatic carbocycles. The summed E-state index contributed by atoms with van der Waals surface area (Å²) in [5.74, 6) is 1.05. The number of aryl methyl sites for hydroxylation is 1. The molecule has 0 radical (unpaired) electrons. The molecule has 1 atom stereocenters. The average molecular weight is 177 g/mol. The van der Waals surface area contributed by atoms with Gasteiger partial charge in [0.25, 0.3) is 0 Å². The molecule has 0 saturated heterocycles. The van der Waals surface area contributed by atoms with Crippen LogP contribution in [0.3, 0.4) is 0 Å². The molecule has 0 aromatic heterocycles. The Balaban J connectivity index is 2.11. The molecule has 70 valence electrons. The molecule has 1 aliphatic rings. The van der Waals surface area contributed by atoms with Crippen molar-refractivity contribution in [1.82, 2.24) is 0 Å². The molecular formula is C11H15NO. The average Bonchev–Trinajstić information content (AvgIpc) is 2.18. The van der Waals surface area contributed by atoms with Crippen LogP contribution >= 0.6 is 0 Å². The van der Waals surface area contributed by atoms with Crippen LogP contribution in [0.25, 0.3) is 0 Å². The first-order valence-corrected chi connectivity index (χ1v) is 4.85. The van der Waals surface area contributed by atoms with Gasteiger partial charge in [-0.2, -0.15) is 0 Å². The number of benzene rings is 1. The van der Waals surface area contributed by atoms with E-state index in [4.69, 9.17) is 10.5 Å². The monoisotopic (exact) mass is 177 g/mol. The quantitative estimate of drug-likeness (QED) is 0.746. The lowest BCUT2D eigenvalue weighted by molar-refractivity contribution is 0.166. The van der Waals surface area contributed by atoms with E-state index in [0.29, 0.717) is 12.6 Å². The zero-order valence-corrected chi connectivity index (χ0v) is 7.70. The molecule has 0 spiro atoms. The van der Waals surface area contributed by atoms with Gasteiger partial charge in [0.1, 0.15) is 11.9 Å². The van der Waals surface area contributed by atoms with Gasteiger partial charge in [0.2, 0.25) is 0 Å². The van der Waals surface area contributed by atoms with Crippen LogP contribution in [0.1, 0.15) is 18.4 Å². The first-order chi connectivity index (χ1) is 6.40. The van der Waals surface area contributed by atoms with Crippen molar-refractivity contribution >= 4 is 0 Å². The van der Waals surface area contributed by atoms with Crippen molar-refractivity contribution in [2.24, 2.45) is 5.73 Å². The number of hydrogen-bond donors (Lipinski definition) is 1. The van der Waals surface area contributed by atoms with E-state index in [0.717, 1.165) is 25.0 Å². The molecule has 2 rings (SSSR count). The Bertz CT molecular complexity index is 285. The molecule has 0 fully saturated rings. The highest BCUT2D eigenvalue weighted by Gasteiger charge is 2.17. The second-order valence-corrected chi connectivity index (χ2v) is 3.46. The van der Waals surface area contributed by atoms with Gasteiger partial charge in [0.05, 0.1) is 0 Å². The standard InChI is InChI=1S/C11H15NO/c12-8-7-10-6-5-9-3-1-2-4-11(9)13-10/h1-4,10H,5-8,12H2. The topological polar surface area (TPSA) is 35.2 Å². The fourth-order valence-corrected chi connectivity index (χ4v) is 1.77. The van der Waals surface area contributed by atoms with E-state index >= 15 is 0 Å². The number of para-hydroxylation sites is 1. The van der Waals surface area contributed by atoms with Crippen LogP contribution in [-0.4, -0.2) is 12.6 Å². The first-order valence-electron chi connectivity index (χ1n) is 4.85. The second-order valence-electron chi connectivity index (χ2n) is 3.46. The van der Waals surface area contributed by atoms with Gasteiger partial charge >= 0.3 is 0 Å². The van der Waals surface area contributed by atoms with E-state index in [1.165, 1.54) is 5.56 Å². The first kappa shape index (κ1) is 8.57. The summed E-state index contributed by atoms with van der Waals surface area (Å²) in [5.41, 5.74) is 6.83. The van der Waals surface area contributed by atoms with E-state index in [9.17, 15) is 0 Å². The number of ether oxygens (including phenoxy) is 1. The lowest BCUT2D eigenvalue weighted by Gasteiger charge is -2.25. The predicted molar refractivity (Wildman–Crippen MR) is 52.9 cm³/mol. The molecular weight excluding hydrogens is 162 g/mol. The SMILES string of the molecule is NCCC1CCc2ccccc2O1. The molecule has 1 heterocycles. The minimum absolute atomic E-state index is 0.333. The Hall–Kier alpha value is -1.02. The number of hydrogen-bond acceptors (Lipinski definition) is 2. The Kier molecular flexibility index (Phi) is 2.50. The summed E-state index contributed by atoms with van der Waals surface area (Å²) in [4.78, 5) is 0. The predicted octanol–water partition coefficient (Wildman–Crippen LogP) is 1.73. The molecule has 2 nitrogen and oxygen atoms in total. The van der Waals surface area contributed by atoms with Crippen molar-refractivity contribution in [3.63, 3.8) is 0 Å². The van der Waals surface area contributed by atoms with Crippen LogP contribution in [0, 0.1) is 0 Å². The molecule has 0 saturated carbocycles. The maximum Gasteiger partial charge on any atom is 0.122 e. The lowest BCUT2D eigenvalue weighted by atomic mass is 10.0. The van der Waals surface area contributed by atoms with Crippen molar-refractivity contribution in [3.05, 3.63) is 29.8 Å². The molecule has 1 unspecified atom stereocenters. The Morgan fingerprint density at radius 1 is 1.38 bits per heavy atom. The van der Waals surface area contributed by atoms with Crippen molar-refractivity contribution in [2.75, 3.05) is 6.54 Å². The van der Waals surface area contributed by atoms with Crippen LogP contribution < -0.4 is 10.5 Å². The normalized spacial score (nSPS) is 20.5. The molecule has 2 N–H and O–H groups in total. The Morgan fingerprint density at radius 3 is 3.08 bits per heavy atom. The van der Waals surface area contributed by atoms with E-state index in [-0.39, 0.29) is 0 Å². The summed E-state index contributed by atoms with van der Waals surface area (Å²) in [6.07, 6.45) is 3.53. The van der Waals surface area contributed by atoms with Crippen LogP contribution in [-0.2, 0) is 6.42 Å². The molecule has 1 aliphatic heterocycles. The second kappa shape index (κ2) is 3.79. The third kappa shape index (κ3) is 1.83. The van der Waals surface area contributed by atoms with Crippen molar-refractivity contribution in [2.45, 2.75) is 25.4 Å². The van der Waals surface area contributed by atoms with Crippen LogP contribution in [0.15, 0.2) is 24.3 Å². The Morgan fingerprint density at radius 2 is 2.23 bits per heavy atom. The van der Waals surface area contributed by atoms with Gasteiger partial charge in [-0.1, -0.05) is 18.2 Å². The molecule has 2 heteroatoms. The van der Waals surface area contributed by atoms with E-state index in [1.807, 2.05) is 12.1 Å². The van der Waals surface area contributed by atoms with Gasteiger partial charge < -0.3 is 10.5 Å². The zero-order valence-electron chi connectivity index (χ0n) is 7.70. The number of nitrogens with two attached hydrogens (primary N) is 1. The number of rotatable bonds is 2. The summed E-state index contributed by atoms with van der Waals surface area (Å²) in [7, 11) is 0. The third-order valence-electron chi connectivity index (χ3n) is 2.49. The van der Waals surface area contributed by atoms with Gasteiger partial charge in [-0.05, 0) is 37.4 Å². The molecule has 13 heavy (non-hydrogen) atoms. The summed E-state index contributed by atoms with van der Waals surface area (Å²) in [6.45, 7) is 0.715. The van der Waals surface area contributed by atoms with Crippen LogP contribution in [0.4, 0.5) is 0 Å². The highest BCUT2D eigenvalue weighted by atomic mass is 16.5. The van der Waals surface area contributed by atoms with Gasteiger partial charge in [0.15, 0.2) is 0 Å². The number of fused-ring (bicyclic) bond motifs is 1. The molecule has 0 aliphatic carbocycles. The molecule has 1 aromatic rings. The Labute approximate surface area is 78.7 Å². The minimum atomic E-state index is 0.333. The fraction of sp³-hybridized carbons (Fsp3) is 0.455. The fourth-order valence-electron chi connectivity index (χ4n) is 1.77. The maximum atomic E-state index is 5.79. The van der Waals surface area contributed by atoms with Crippen molar-refractivity contribution in [1.29, 1.82) is 0 Å². The van der Waals surface area contributed by atoms with Gasteiger partial charge in [-0.25, -0.2) is 0 Å². The highest BCUT2D eigenvalue weighted by molar-refractivity contribution is 5.35. The van der Waals surface area contributed by atoms with Gasteiger partial charge in [-0.15, -0.1) is 0 Å². The smallest absolute Gasteiger partial charge is 0.122 e. The van der Waals surface area contributed by atoms with Crippen molar-refractivity contribution in [3.8, 4) is 5.75 Å². The van der Waals surface area contributed by atoms with E-state index in [1.54, 1.807) is 0 Å². The molecule has 0 amide bonds. The summed E-state index contributed by atoms with van der Waals surface area (Å²) in [6, 6.07) is 8.25. The van der Waals surface area contributed by atoms with Crippen LogP contribution in [0.2, 0.25) is 0 Å². The van der Waals surface area contributed by atoms with Crippen LogP contribution in [0.5, 0.6) is 5.75 Å². The van der Waals surface area contributed by atoms with Gasteiger partial charge in [-0.3, -0.25) is 0 Å². The zero-order chi connectivity index (χ0) is 9.10. The molecule has 0 bridgehead atoms. The summed E-state index contributed by atoms with van der Waals surface area (Å²) in [5, 5.41) is 0. The van der Waals surface area contributed by atoms with E-state index in [2.05, 4.69) is 12.1 Å². The maximum absolute atomic E-state index is 5.79. The largest absolute Gasteiger partial charge is 0.490 e. The minimum Gasteiger partial charge on any atom is -0.490 e. The lowest BCUT2D eigenvalue weighted by Crippen LogP contribution is -2.25. The summed E-state index contributed by atoms with van der Waals surface area (Å²) < 4.78 is 5.79. The highest BCUT2D eigenvalue weighted by Crippen LogP contribution is 2.27. The van der Waals surface area contributed by atoms with E-state index < -0.39 is 0 Å². The van der Waals surface area contributed by atoms with Gasteiger partial charge in [0, 0.05) is 0 Å².